The third-order valence-electron chi connectivity index (χ3n) is 3.37. The van der Waals surface area contributed by atoms with Crippen molar-refractivity contribution in [1.29, 1.82) is 0 Å². The maximum absolute atomic E-state index is 12.3. The number of benzene rings is 1. The first-order chi connectivity index (χ1) is 9.20. The second-order valence-electron chi connectivity index (χ2n) is 4.87. The summed E-state index contributed by atoms with van der Waals surface area (Å²) in [4.78, 5) is 15.7. The first-order valence-electron chi connectivity index (χ1n) is 6.65. The molecule has 1 aromatic carbocycles. The highest BCUT2D eigenvalue weighted by molar-refractivity contribution is 5.94. The molecule has 0 atom stereocenters. The fraction of sp³-hybridized carbons (Fsp3) is 0.400. The van der Waals surface area contributed by atoms with Crippen LogP contribution in [0.3, 0.4) is 0 Å². The Morgan fingerprint density at radius 3 is 2.58 bits per heavy atom. The number of amides is 1. The Kier molecular flexibility index (Phi) is 4.58. The van der Waals surface area contributed by atoms with Crippen LogP contribution in [0.1, 0.15) is 10.4 Å². The monoisotopic (exact) mass is 261 g/mol. The van der Waals surface area contributed by atoms with Crippen molar-refractivity contribution in [2.75, 3.05) is 39.8 Å². The molecule has 2 rings (SSSR count). The van der Waals surface area contributed by atoms with Crippen LogP contribution in [0.15, 0.2) is 36.9 Å². The summed E-state index contributed by atoms with van der Waals surface area (Å²) in [5.41, 5.74) is 0.727. The third-order valence-corrected chi connectivity index (χ3v) is 3.37. The number of rotatable bonds is 4. The van der Waals surface area contributed by atoms with Crippen LogP contribution in [0.5, 0.6) is 5.75 Å². The van der Waals surface area contributed by atoms with Gasteiger partial charge >= 0.3 is 0 Å². The highest BCUT2D eigenvalue weighted by Gasteiger charge is 2.22. The van der Waals surface area contributed by atoms with Crippen molar-refractivity contribution in [3.63, 3.8) is 0 Å². The highest BCUT2D eigenvalue weighted by Crippen LogP contribution is 2.13. The Bertz CT molecular complexity index is 434. The lowest BCUT2D eigenvalue weighted by Gasteiger charge is -2.30. The number of ether oxygens (including phenoxy) is 1. The lowest BCUT2D eigenvalue weighted by atomic mass is 10.1. The zero-order valence-electron chi connectivity index (χ0n) is 11.4. The summed E-state index contributed by atoms with van der Waals surface area (Å²) in [5, 5.41) is 0. The number of quaternary nitrogens is 1. The molecule has 0 bridgehead atoms. The van der Waals surface area contributed by atoms with Gasteiger partial charge in [0.05, 0.1) is 33.2 Å². The van der Waals surface area contributed by atoms with Crippen molar-refractivity contribution < 1.29 is 14.4 Å². The molecule has 1 fully saturated rings. The van der Waals surface area contributed by atoms with E-state index in [0.29, 0.717) is 6.61 Å². The summed E-state index contributed by atoms with van der Waals surface area (Å²) in [6.07, 6.45) is 1.70. The standard InChI is InChI=1S/C15H20N2O2/c1-3-12-19-14-6-4-13(5-7-14)15(18)17-10-8-16(2)9-11-17/h3-7H,1,8-12H2,2H3/p+1. The largest absolute Gasteiger partial charge is 0.490 e. The van der Waals surface area contributed by atoms with Gasteiger partial charge in [0.1, 0.15) is 12.4 Å². The molecule has 1 saturated heterocycles. The van der Waals surface area contributed by atoms with Crippen LogP contribution in [0.25, 0.3) is 0 Å². The summed E-state index contributed by atoms with van der Waals surface area (Å²) < 4.78 is 5.40. The molecular weight excluding hydrogens is 240 g/mol. The van der Waals surface area contributed by atoms with Gasteiger partial charge in [-0.3, -0.25) is 4.79 Å². The molecule has 1 amide bonds. The minimum atomic E-state index is 0.114. The van der Waals surface area contributed by atoms with Crippen LogP contribution >= 0.6 is 0 Å². The number of carbonyl (C=O) groups excluding carboxylic acids is 1. The van der Waals surface area contributed by atoms with E-state index < -0.39 is 0 Å². The normalized spacial score (nSPS) is 16.2. The van der Waals surface area contributed by atoms with E-state index in [4.69, 9.17) is 4.74 Å². The maximum atomic E-state index is 12.3. The van der Waals surface area contributed by atoms with E-state index >= 15 is 0 Å². The Balaban J connectivity index is 1.97. The van der Waals surface area contributed by atoms with Crippen LogP contribution in [-0.4, -0.2) is 50.6 Å². The summed E-state index contributed by atoms with van der Waals surface area (Å²) in [5.74, 6) is 0.877. The topological polar surface area (TPSA) is 34.0 Å². The van der Waals surface area contributed by atoms with E-state index in [1.165, 1.54) is 4.90 Å². The highest BCUT2D eigenvalue weighted by atomic mass is 16.5. The summed E-state index contributed by atoms with van der Waals surface area (Å²) in [6.45, 7) is 7.79. The van der Waals surface area contributed by atoms with Gasteiger partial charge in [0.25, 0.3) is 5.91 Å². The molecule has 19 heavy (non-hydrogen) atoms. The van der Waals surface area contributed by atoms with Gasteiger partial charge < -0.3 is 14.5 Å². The molecular formula is C15H21N2O2+. The van der Waals surface area contributed by atoms with E-state index in [9.17, 15) is 4.79 Å². The third kappa shape index (κ3) is 3.58. The Morgan fingerprint density at radius 2 is 2.00 bits per heavy atom. The molecule has 0 aliphatic carbocycles. The van der Waals surface area contributed by atoms with E-state index in [0.717, 1.165) is 37.5 Å². The van der Waals surface area contributed by atoms with Gasteiger partial charge in [0.2, 0.25) is 0 Å². The predicted molar refractivity (Wildman–Crippen MR) is 74.7 cm³/mol. The Morgan fingerprint density at radius 1 is 1.37 bits per heavy atom. The molecule has 1 aromatic rings. The number of carbonyl (C=O) groups is 1. The average Bonchev–Trinajstić information content (AvgIpc) is 2.46. The minimum absolute atomic E-state index is 0.114. The molecule has 0 saturated carbocycles. The lowest BCUT2D eigenvalue weighted by Crippen LogP contribution is -3.12. The summed E-state index contributed by atoms with van der Waals surface area (Å²) in [7, 11) is 2.16. The number of hydrogen-bond donors (Lipinski definition) is 1. The Hall–Kier alpha value is -1.81. The van der Waals surface area contributed by atoms with E-state index in [2.05, 4.69) is 13.6 Å². The van der Waals surface area contributed by atoms with Gasteiger partial charge in [-0.2, -0.15) is 0 Å². The van der Waals surface area contributed by atoms with Gasteiger partial charge in [0, 0.05) is 5.56 Å². The SMILES string of the molecule is C=CCOc1ccc(C(=O)N2CC[NH+](C)CC2)cc1. The van der Waals surface area contributed by atoms with Crippen LogP contribution < -0.4 is 9.64 Å². The second-order valence-corrected chi connectivity index (χ2v) is 4.87. The molecule has 0 spiro atoms. The fourth-order valence-corrected chi connectivity index (χ4v) is 2.12. The smallest absolute Gasteiger partial charge is 0.254 e. The van der Waals surface area contributed by atoms with Crippen molar-refractivity contribution in [2.24, 2.45) is 0 Å². The summed E-state index contributed by atoms with van der Waals surface area (Å²) in [6, 6.07) is 7.31. The average molecular weight is 261 g/mol. The molecule has 1 heterocycles. The molecule has 4 nitrogen and oxygen atoms in total. The molecule has 0 radical (unpaired) electrons. The zero-order chi connectivity index (χ0) is 13.7. The molecule has 102 valence electrons. The number of hydrogen-bond acceptors (Lipinski definition) is 2. The maximum Gasteiger partial charge on any atom is 0.254 e. The Labute approximate surface area is 114 Å². The fourth-order valence-electron chi connectivity index (χ4n) is 2.12. The zero-order valence-corrected chi connectivity index (χ0v) is 11.4. The molecule has 0 unspecified atom stereocenters. The van der Waals surface area contributed by atoms with Gasteiger partial charge in [-0.05, 0) is 24.3 Å². The van der Waals surface area contributed by atoms with E-state index in [1.54, 1.807) is 6.08 Å². The molecule has 1 aliphatic rings. The number of nitrogens with one attached hydrogen (secondary N) is 1. The van der Waals surface area contributed by atoms with Gasteiger partial charge in [-0.1, -0.05) is 12.7 Å². The molecule has 4 heteroatoms. The lowest BCUT2D eigenvalue weighted by molar-refractivity contribution is -0.883. The van der Waals surface area contributed by atoms with E-state index in [1.807, 2.05) is 29.2 Å². The van der Waals surface area contributed by atoms with Crippen LogP contribution in [0.2, 0.25) is 0 Å². The van der Waals surface area contributed by atoms with Crippen molar-refractivity contribution in [3.05, 3.63) is 42.5 Å². The first kappa shape index (κ1) is 13.6. The second kappa shape index (κ2) is 6.38. The van der Waals surface area contributed by atoms with Crippen molar-refractivity contribution >= 4 is 5.91 Å². The van der Waals surface area contributed by atoms with Gasteiger partial charge in [0.15, 0.2) is 0 Å². The molecule has 0 aromatic heterocycles. The van der Waals surface area contributed by atoms with Crippen LogP contribution in [0, 0.1) is 0 Å². The van der Waals surface area contributed by atoms with Crippen molar-refractivity contribution in [2.45, 2.75) is 0 Å². The number of piperazine rings is 1. The molecule has 1 N–H and O–H groups in total. The minimum Gasteiger partial charge on any atom is -0.490 e. The summed E-state index contributed by atoms with van der Waals surface area (Å²) >= 11 is 0. The van der Waals surface area contributed by atoms with E-state index in [-0.39, 0.29) is 5.91 Å². The first-order valence-corrected chi connectivity index (χ1v) is 6.65. The number of likely N-dealkylation sites (N-methyl/N-ethyl adjacent to an activating group) is 1. The number of nitrogens with zero attached hydrogens (tertiary/aromatic N) is 1. The predicted octanol–water partition coefficient (Wildman–Crippen LogP) is 0.222. The van der Waals surface area contributed by atoms with Crippen molar-refractivity contribution in [3.8, 4) is 5.75 Å². The van der Waals surface area contributed by atoms with Crippen molar-refractivity contribution in [1.82, 2.24) is 4.90 Å². The van der Waals surface area contributed by atoms with Gasteiger partial charge in [-0.15, -0.1) is 0 Å². The quantitative estimate of drug-likeness (QED) is 0.787. The van der Waals surface area contributed by atoms with Crippen LogP contribution in [-0.2, 0) is 0 Å². The molecule has 1 aliphatic heterocycles. The van der Waals surface area contributed by atoms with Crippen LogP contribution in [0.4, 0.5) is 0 Å². The van der Waals surface area contributed by atoms with Gasteiger partial charge in [-0.25, -0.2) is 0 Å².